The molecule has 0 saturated heterocycles. The molecule has 1 aromatic heterocycles. The number of amides is 2. The van der Waals surface area contributed by atoms with Crippen molar-refractivity contribution in [3.63, 3.8) is 0 Å². The van der Waals surface area contributed by atoms with E-state index in [4.69, 9.17) is 4.74 Å². The third kappa shape index (κ3) is 6.40. The van der Waals surface area contributed by atoms with Crippen molar-refractivity contribution in [2.75, 3.05) is 7.05 Å². The quantitative estimate of drug-likeness (QED) is 0.577. The lowest BCUT2D eigenvalue weighted by atomic mass is 10.0. The Morgan fingerprint density at radius 2 is 1.77 bits per heavy atom. The first-order valence-electron chi connectivity index (χ1n) is 8.74. The fourth-order valence-corrected chi connectivity index (χ4v) is 2.82. The fourth-order valence-electron chi connectivity index (χ4n) is 2.00. The third-order valence-electron chi connectivity index (χ3n) is 3.68. The molecule has 7 nitrogen and oxygen atoms in total. The minimum Gasteiger partial charge on any atom is -0.391 e. The number of thiazole rings is 1. The maximum Gasteiger partial charge on any atom is 0.336 e. The summed E-state index contributed by atoms with van der Waals surface area (Å²) < 4.78 is 4.84. The Bertz CT molecular complexity index is 640. The Kier molecular flexibility index (Phi) is 8.20. The lowest BCUT2D eigenvalue weighted by molar-refractivity contribution is -0.164. The largest absolute Gasteiger partial charge is 0.391 e. The molecule has 1 aromatic rings. The van der Waals surface area contributed by atoms with Gasteiger partial charge in [0, 0.05) is 18.3 Å². The first-order chi connectivity index (χ1) is 12.0. The molecule has 26 heavy (non-hydrogen) atoms. The van der Waals surface area contributed by atoms with Gasteiger partial charge < -0.3 is 15.0 Å². The Labute approximate surface area is 159 Å². The zero-order chi connectivity index (χ0) is 20.0. The van der Waals surface area contributed by atoms with Gasteiger partial charge in [0.25, 0.3) is 0 Å². The SMILES string of the molecule is CC(C)C(=O)OC(=O)[C@@H](NC(=O)N(C)Cc1csc(C(C)C)n1)C(C)C. The van der Waals surface area contributed by atoms with Crippen molar-refractivity contribution in [3.05, 3.63) is 16.1 Å². The van der Waals surface area contributed by atoms with Gasteiger partial charge in [0.05, 0.1) is 23.2 Å². The molecule has 0 aliphatic carbocycles. The number of nitrogens with one attached hydrogen (secondary N) is 1. The molecule has 0 aliphatic heterocycles. The average molecular weight is 384 g/mol. The van der Waals surface area contributed by atoms with Gasteiger partial charge in [-0.2, -0.15) is 0 Å². The second kappa shape index (κ2) is 9.66. The van der Waals surface area contributed by atoms with Gasteiger partial charge in [0.15, 0.2) is 0 Å². The maximum absolute atomic E-state index is 12.4. The van der Waals surface area contributed by atoms with Crippen LogP contribution in [0.15, 0.2) is 5.38 Å². The van der Waals surface area contributed by atoms with Crippen molar-refractivity contribution in [3.8, 4) is 0 Å². The highest BCUT2D eigenvalue weighted by molar-refractivity contribution is 7.09. The van der Waals surface area contributed by atoms with Crippen LogP contribution in [-0.4, -0.2) is 40.9 Å². The van der Waals surface area contributed by atoms with Gasteiger partial charge in [-0.15, -0.1) is 11.3 Å². The van der Waals surface area contributed by atoms with E-state index in [9.17, 15) is 14.4 Å². The molecule has 2 amide bonds. The molecule has 1 atom stereocenters. The van der Waals surface area contributed by atoms with Crippen LogP contribution in [0.2, 0.25) is 0 Å². The Hall–Kier alpha value is -1.96. The summed E-state index contributed by atoms with van der Waals surface area (Å²) in [6, 6.07) is -1.31. The number of esters is 2. The Morgan fingerprint density at radius 3 is 2.23 bits per heavy atom. The molecule has 0 radical (unpaired) electrons. The predicted octanol–water partition coefficient (Wildman–Crippen LogP) is 3.16. The molecule has 1 heterocycles. The van der Waals surface area contributed by atoms with E-state index in [1.807, 2.05) is 5.38 Å². The summed E-state index contributed by atoms with van der Waals surface area (Å²) in [5.41, 5.74) is 0.801. The van der Waals surface area contributed by atoms with Crippen LogP contribution in [0.1, 0.15) is 58.2 Å². The number of rotatable bonds is 7. The first kappa shape index (κ1) is 22.1. The van der Waals surface area contributed by atoms with E-state index in [1.54, 1.807) is 46.1 Å². The highest BCUT2D eigenvalue weighted by Gasteiger charge is 2.29. The van der Waals surface area contributed by atoms with Gasteiger partial charge in [-0.25, -0.2) is 14.6 Å². The number of carbonyl (C=O) groups is 3. The van der Waals surface area contributed by atoms with Gasteiger partial charge in [0.1, 0.15) is 6.04 Å². The molecule has 0 saturated carbocycles. The van der Waals surface area contributed by atoms with Gasteiger partial charge >= 0.3 is 18.0 Å². The minimum absolute atomic E-state index is 0.216. The number of carbonyl (C=O) groups excluding carboxylic acids is 3. The summed E-state index contributed by atoms with van der Waals surface area (Å²) in [7, 11) is 1.63. The number of ether oxygens (including phenoxy) is 1. The first-order valence-corrected chi connectivity index (χ1v) is 9.62. The molecule has 146 valence electrons. The van der Waals surface area contributed by atoms with Crippen LogP contribution >= 0.6 is 11.3 Å². The zero-order valence-corrected chi connectivity index (χ0v) is 17.3. The molecule has 8 heteroatoms. The predicted molar refractivity (Wildman–Crippen MR) is 101 cm³/mol. The Morgan fingerprint density at radius 1 is 1.15 bits per heavy atom. The highest BCUT2D eigenvalue weighted by Crippen LogP contribution is 2.19. The number of urea groups is 1. The van der Waals surface area contributed by atoms with Crippen LogP contribution in [0, 0.1) is 11.8 Å². The second-order valence-electron chi connectivity index (χ2n) is 7.25. The molecular weight excluding hydrogens is 354 g/mol. The molecule has 1 rings (SSSR count). The van der Waals surface area contributed by atoms with Crippen LogP contribution in [0.4, 0.5) is 4.79 Å². The lowest BCUT2D eigenvalue weighted by Crippen LogP contribution is -2.50. The summed E-state index contributed by atoms with van der Waals surface area (Å²) in [6.07, 6.45) is 0. The minimum atomic E-state index is -0.894. The standard InChI is InChI=1S/C18H29N3O4S/c1-10(2)14(17(23)25-16(22)12(5)6)20-18(24)21(7)8-13-9-26-15(19-13)11(3)4/h9-12,14H,8H2,1-7H3,(H,20,24)/t14-/m0/s1. The fraction of sp³-hybridized carbons (Fsp3) is 0.667. The smallest absolute Gasteiger partial charge is 0.336 e. The van der Waals surface area contributed by atoms with E-state index in [0.29, 0.717) is 12.5 Å². The molecule has 0 spiro atoms. The summed E-state index contributed by atoms with van der Waals surface area (Å²) in [6.45, 7) is 11.3. The van der Waals surface area contributed by atoms with Crippen molar-refractivity contribution in [1.82, 2.24) is 15.2 Å². The number of aromatic nitrogens is 1. The number of hydrogen-bond donors (Lipinski definition) is 1. The molecular formula is C18H29N3O4S. The van der Waals surface area contributed by atoms with Gasteiger partial charge in [-0.1, -0.05) is 41.5 Å². The summed E-state index contributed by atoms with van der Waals surface area (Å²) in [5.74, 6) is -1.63. The van der Waals surface area contributed by atoms with Gasteiger partial charge in [0.2, 0.25) is 0 Å². The van der Waals surface area contributed by atoms with Crippen LogP contribution in [-0.2, 0) is 20.9 Å². The van der Waals surface area contributed by atoms with Crippen molar-refractivity contribution in [2.24, 2.45) is 11.8 Å². The normalized spacial score (nSPS) is 12.4. The molecule has 0 bridgehead atoms. The second-order valence-corrected chi connectivity index (χ2v) is 8.14. The highest BCUT2D eigenvalue weighted by atomic mass is 32.1. The molecule has 0 unspecified atom stereocenters. The Balaban J connectivity index is 2.70. The average Bonchev–Trinajstić information content (AvgIpc) is 3.00. The van der Waals surface area contributed by atoms with Crippen molar-refractivity contribution in [1.29, 1.82) is 0 Å². The van der Waals surface area contributed by atoms with Crippen molar-refractivity contribution < 1.29 is 19.1 Å². The summed E-state index contributed by atoms with van der Waals surface area (Å²) in [4.78, 5) is 42.2. The van der Waals surface area contributed by atoms with E-state index >= 15 is 0 Å². The summed E-state index contributed by atoms with van der Waals surface area (Å²) >= 11 is 1.56. The topological polar surface area (TPSA) is 88.6 Å². The van der Waals surface area contributed by atoms with E-state index in [2.05, 4.69) is 24.1 Å². The molecule has 0 aliphatic rings. The molecule has 1 N–H and O–H groups in total. The monoisotopic (exact) mass is 383 g/mol. The lowest BCUT2D eigenvalue weighted by Gasteiger charge is -2.24. The van der Waals surface area contributed by atoms with Crippen LogP contribution in [0.3, 0.4) is 0 Å². The van der Waals surface area contributed by atoms with Gasteiger partial charge in [-0.05, 0) is 5.92 Å². The van der Waals surface area contributed by atoms with Gasteiger partial charge in [-0.3, -0.25) is 4.79 Å². The van der Waals surface area contributed by atoms with E-state index < -0.39 is 29.9 Å². The molecule has 0 fully saturated rings. The van der Waals surface area contributed by atoms with Crippen LogP contribution < -0.4 is 5.32 Å². The number of nitrogens with zero attached hydrogens (tertiary/aromatic N) is 2. The van der Waals surface area contributed by atoms with Crippen LogP contribution in [0.5, 0.6) is 0 Å². The maximum atomic E-state index is 12.4. The van der Waals surface area contributed by atoms with E-state index in [-0.39, 0.29) is 5.92 Å². The zero-order valence-electron chi connectivity index (χ0n) is 16.5. The molecule has 0 aromatic carbocycles. The van der Waals surface area contributed by atoms with Crippen molar-refractivity contribution in [2.45, 2.75) is 60.0 Å². The third-order valence-corrected chi connectivity index (χ3v) is 4.88. The van der Waals surface area contributed by atoms with Crippen LogP contribution in [0.25, 0.3) is 0 Å². The van der Waals surface area contributed by atoms with E-state index in [0.717, 1.165) is 10.7 Å². The van der Waals surface area contributed by atoms with Crippen molar-refractivity contribution >= 4 is 29.3 Å². The summed E-state index contributed by atoms with van der Waals surface area (Å²) in [5, 5.41) is 5.59. The number of hydrogen-bond acceptors (Lipinski definition) is 6. The van der Waals surface area contributed by atoms with E-state index in [1.165, 1.54) is 4.90 Å².